The molecule has 0 saturated carbocycles. The molecule has 0 fully saturated rings. The fourth-order valence-electron chi connectivity index (χ4n) is 3.55. The summed E-state index contributed by atoms with van der Waals surface area (Å²) in [5.74, 6) is 0. The van der Waals surface area contributed by atoms with E-state index < -0.39 is 0 Å². The van der Waals surface area contributed by atoms with Gasteiger partial charge in [0.25, 0.3) is 0 Å². The van der Waals surface area contributed by atoms with Gasteiger partial charge in [0.1, 0.15) is 0 Å². The van der Waals surface area contributed by atoms with E-state index in [9.17, 15) is 0 Å². The zero-order valence-electron chi connectivity index (χ0n) is 15.6. The van der Waals surface area contributed by atoms with Crippen molar-refractivity contribution in [1.82, 2.24) is 4.98 Å². The van der Waals surface area contributed by atoms with Gasteiger partial charge < -0.3 is 0 Å². The Bertz CT molecular complexity index is 1140. The second-order valence-electron chi connectivity index (χ2n) is 6.91. The first-order chi connectivity index (χ1) is 14.3. The average Bonchev–Trinajstić information content (AvgIpc) is 3.43. The highest BCUT2D eigenvalue weighted by molar-refractivity contribution is 9.10. The molecule has 142 valence electrons. The predicted molar refractivity (Wildman–Crippen MR) is 125 cm³/mol. The minimum Gasteiger partial charge on any atom is -0.231 e. The van der Waals surface area contributed by atoms with Crippen LogP contribution in [0.15, 0.2) is 99.9 Å². The van der Waals surface area contributed by atoms with Crippen molar-refractivity contribution >= 4 is 38.1 Å². The van der Waals surface area contributed by atoms with Crippen LogP contribution in [0, 0.1) is 0 Å². The van der Waals surface area contributed by atoms with Gasteiger partial charge in [0, 0.05) is 21.8 Å². The Morgan fingerprint density at radius 2 is 1.52 bits per heavy atom. The van der Waals surface area contributed by atoms with E-state index in [4.69, 9.17) is 10.1 Å². The molecule has 1 atom stereocenters. The van der Waals surface area contributed by atoms with E-state index in [1.54, 1.807) is 11.3 Å². The average molecular weight is 460 g/mol. The van der Waals surface area contributed by atoms with Crippen LogP contribution in [-0.2, 0) is 0 Å². The van der Waals surface area contributed by atoms with Crippen LogP contribution in [0.1, 0.15) is 23.6 Å². The molecular formula is C24H18BrN3S. The number of thiazole rings is 1. The van der Waals surface area contributed by atoms with Gasteiger partial charge in [0.2, 0.25) is 5.13 Å². The summed E-state index contributed by atoms with van der Waals surface area (Å²) in [5, 5.41) is 10.1. The van der Waals surface area contributed by atoms with Crippen LogP contribution in [0.25, 0.3) is 11.3 Å². The number of hydrazone groups is 1. The largest absolute Gasteiger partial charge is 0.231 e. The van der Waals surface area contributed by atoms with Crippen molar-refractivity contribution in [2.75, 3.05) is 5.01 Å². The summed E-state index contributed by atoms with van der Waals surface area (Å²) in [5.41, 5.74) is 5.61. The zero-order valence-corrected chi connectivity index (χ0v) is 18.0. The Morgan fingerprint density at radius 3 is 2.24 bits per heavy atom. The minimum atomic E-state index is 0.148. The molecule has 5 heteroatoms. The third-order valence-electron chi connectivity index (χ3n) is 5.03. The number of hydrogen-bond acceptors (Lipinski definition) is 4. The summed E-state index contributed by atoms with van der Waals surface area (Å²) in [7, 11) is 0. The van der Waals surface area contributed by atoms with Crippen molar-refractivity contribution in [2.45, 2.75) is 12.5 Å². The maximum absolute atomic E-state index is 5.00. The van der Waals surface area contributed by atoms with E-state index in [0.717, 1.165) is 33.0 Å². The topological polar surface area (TPSA) is 28.5 Å². The maximum Gasteiger partial charge on any atom is 0.207 e. The van der Waals surface area contributed by atoms with Crippen molar-refractivity contribution in [3.8, 4) is 11.3 Å². The molecule has 4 aromatic rings. The van der Waals surface area contributed by atoms with Crippen LogP contribution in [0.3, 0.4) is 0 Å². The van der Waals surface area contributed by atoms with Crippen molar-refractivity contribution in [3.63, 3.8) is 0 Å². The van der Waals surface area contributed by atoms with Crippen LogP contribution < -0.4 is 5.01 Å². The van der Waals surface area contributed by atoms with E-state index in [0.29, 0.717) is 0 Å². The highest BCUT2D eigenvalue weighted by Gasteiger charge is 2.31. The minimum absolute atomic E-state index is 0.148. The van der Waals surface area contributed by atoms with Crippen LogP contribution >= 0.6 is 27.3 Å². The summed E-state index contributed by atoms with van der Waals surface area (Å²) < 4.78 is 1.07. The zero-order chi connectivity index (χ0) is 19.6. The smallest absolute Gasteiger partial charge is 0.207 e. The number of halogens is 1. The van der Waals surface area contributed by atoms with Crippen molar-refractivity contribution < 1.29 is 0 Å². The summed E-state index contributed by atoms with van der Waals surface area (Å²) in [4.78, 5) is 4.92. The predicted octanol–water partition coefficient (Wildman–Crippen LogP) is 6.93. The molecule has 0 unspecified atom stereocenters. The molecule has 0 radical (unpaired) electrons. The van der Waals surface area contributed by atoms with E-state index >= 15 is 0 Å². The Labute approximate surface area is 182 Å². The molecule has 1 aliphatic heterocycles. The van der Waals surface area contributed by atoms with Crippen LogP contribution in [0.2, 0.25) is 0 Å². The van der Waals surface area contributed by atoms with Gasteiger partial charge in [-0.1, -0.05) is 88.7 Å². The van der Waals surface area contributed by atoms with E-state index in [1.807, 2.05) is 18.2 Å². The number of hydrogen-bond donors (Lipinski definition) is 0. The Hall–Kier alpha value is -2.76. The molecular weight excluding hydrogens is 442 g/mol. The quantitative estimate of drug-likeness (QED) is 0.331. The second-order valence-corrected chi connectivity index (χ2v) is 8.66. The van der Waals surface area contributed by atoms with Gasteiger partial charge in [-0.05, 0) is 23.3 Å². The van der Waals surface area contributed by atoms with Gasteiger partial charge >= 0.3 is 0 Å². The van der Waals surface area contributed by atoms with Crippen LogP contribution in [0.5, 0.6) is 0 Å². The number of nitrogens with zero attached hydrogens (tertiary/aromatic N) is 3. The summed E-state index contributed by atoms with van der Waals surface area (Å²) in [6.07, 6.45) is 0.862. The lowest BCUT2D eigenvalue weighted by molar-refractivity contribution is 0.706. The van der Waals surface area contributed by atoms with Gasteiger partial charge in [0.05, 0.1) is 17.4 Å². The molecule has 3 nitrogen and oxygen atoms in total. The molecule has 5 rings (SSSR count). The number of aromatic nitrogens is 1. The molecule has 29 heavy (non-hydrogen) atoms. The van der Waals surface area contributed by atoms with Crippen molar-refractivity contribution in [1.29, 1.82) is 0 Å². The standard InChI is InChI=1S/C24H18BrN3S/c25-20-13-11-18(12-14-20)22-16-29-24(26-22)28-23(19-9-5-2-6-10-19)15-21(27-28)17-7-3-1-4-8-17/h1-14,16,23H,15H2/t23-/m1/s1. The van der Waals surface area contributed by atoms with Gasteiger partial charge in [-0.3, -0.25) is 0 Å². The molecule has 1 aromatic heterocycles. The lowest BCUT2D eigenvalue weighted by atomic mass is 9.99. The van der Waals surface area contributed by atoms with Gasteiger partial charge in [0.15, 0.2) is 0 Å². The molecule has 0 saturated heterocycles. The molecule has 0 bridgehead atoms. The third kappa shape index (κ3) is 3.76. The fraction of sp³-hybridized carbons (Fsp3) is 0.0833. The van der Waals surface area contributed by atoms with Gasteiger partial charge in [-0.2, -0.15) is 5.10 Å². The molecule has 1 aliphatic rings. The number of benzene rings is 3. The van der Waals surface area contributed by atoms with Crippen LogP contribution in [0.4, 0.5) is 5.13 Å². The number of anilines is 1. The molecule has 3 aromatic carbocycles. The molecule has 0 amide bonds. The van der Waals surface area contributed by atoms with Crippen LogP contribution in [-0.4, -0.2) is 10.7 Å². The summed E-state index contributed by atoms with van der Waals surface area (Å²) >= 11 is 5.13. The summed E-state index contributed by atoms with van der Waals surface area (Å²) in [6.45, 7) is 0. The Kier molecular flexibility index (Phi) is 5.00. The maximum atomic E-state index is 5.00. The molecule has 0 spiro atoms. The first-order valence-corrected chi connectivity index (χ1v) is 11.1. The van der Waals surface area contributed by atoms with E-state index in [1.165, 1.54) is 11.1 Å². The lowest BCUT2D eigenvalue weighted by Gasteiger charge is -2.21. The first-order valence-electron chi connectivity index (χ1n) is 9.46. The fourth-order valence-corrected chi connectivity index (χ4v) is 4.65. The first kappa shape index (κ1) is 18.3. The third-order valence-corrected chi connectivity index (χ3v) is 6.39. The summed E-state index contributed by atoms with van der Waals surface area (Å²) in [6, 6.07) is 29.4. The molecule has 0 aliphatic carbocycles. The normalized spacial score (nSPS) is 16.1. The monoisotopic (exact) mass is 459 g/mol. The SMILES string of the molecule is Brc1ccc(-c2csc(N3N=C(c4ccccc4)C[C@@H]3c3ccccc3)n2)cc1. The highest BCUT2D eigenvalue weighted by atomic mass is 79.9. The highest BCUT2D eigenvalue weighted by Crippen LogP contribution is 2.39. The van der Waals surface area contributed by atoms with Gasteiger partial charge in [-0.25, -0.2) is 9.99 Å². The van der Waals surface area contributed by atoms with E-state index in [2.05, 4.69) is 93.0 Å². The van der Waals surface area contributed by atoms with Crippen molar-refractivity contribution in [3.05, 3.63) is 106 Å². The molecule has 0 N–H and O–H groups in total. The molecule has 2 heterocycles. The second kappa shape index (κ2) is 7.93. The lowest BCUT2D eigenvalue weighted by Crippen LogP contribution is -2.18. The van der Waals surface area contributed by atoms with E-state index in [-0.39, 0.29) is 6.04 Å². The number of rotatable bonds is 4. The van der Waals surface area contributed by atoms with Gasteiger partial charge in [-0.15, -0.1) is 11.3 Å². The Balaban J connectivity index is 1.53. The van der Waals surface area contributed by atoms with Crippen molar-refractivity contribution in [2.24, 2.45) is 5.10 Å². The Morgan fingerprint density at radius 1 is 0.828 bits per heavy atom.